The smallest absolute Gasteiger partial charge is 0.213 e. The van der Waals surface area contributed by atoms with Crippen molar-refractivity contribution in [1.82, 2.24) is 24.5 Å². The molecule has 2 aromatic heterocycles. The third kappa shape index (κ3) is 3.36. The fourth-order valence-electron chi connectivity index (χ4n) is 2.37. The Bertz CT molecular complexity index is 917. The summed E-state index contributed by atoms with van der Waals surface area (Å²) in [5.74, 6) is -0.406. The van der Waals surface area contributed by atoms with E-state index < -0.39 is 10.0 Å². The summed E-state index contributed by atoms with van der Waals surface area (Å²) in [5, 5.41) is 6.67. The summed E-state index contributed by atoms with van der Waals surface area (Å²) >= 11 is 0. The molecule has 0 bridgehead atoms. The Morgan fingerprint density at radius 3 is 2.62 bits per heavy atom. The van der Waals surface area contributed by atoms with Crippen LogP contribution in [0.15, 0.2) is 43.0 Å². The van der Waals surface area contributed by atoms with Crippen LogP contribution in [0.3, 0.4) is 0 Å². The van der Waals surface area contributed by atoms with E-state index in [4.69, 9.17) is 0 Å². The van der Waals surface area contributed by atoms with Crippen LogP contribution in [-0.2, 0) is 16.6 Å². The molecule has 0 fully saturated rings. The predicted octanol–water partition coefficient (Wildman–Crippen LogP) is 1.63. The zero-order chi connectivity index (χ0) is 17.2. The fourth-order valence-corrected chi connectivity index (χ4v) is 3.02. The first-order chi connectivity index (χ1) is 11.5. The summed E-state index contributed by atoms with van der Waals surface area (Å²) in [6.45, 7) is 0.234. The largest absolute Gasteiger partial charge is 0.329 e. The van der Waals surface area contributed by atoms with Crippen molar-refractivity contribution in [3.8, 4) is 22.5 Å². The number of sulfonamides is 1. The van der Waals surface area contributed by atoms with E-state index in [1.807, 2.05) is 0 Å². The van der Waals surface area contributed by atoms with E-state index in [-0.39, 0.29) is 18.1 Å². The summed E-state index contributed by atoms with van der Waals surface area (Å²) in [6, 6.07) is 5.99. The molecule has 0 unspecified atom stereocenters. The van der Waals surface area contributed by atoms with E-state index in [2.05, 4.69) is 19.9 Å². The molecule has 0 radical (unpaired) electrons. The first-order valence-electron chi connectivity index (χ1n) is 7.21. The van der Waals surface area contributed by atoms with E-state index in [0.717, 1.165) is 16.8 Å². The Morgan fingerprint density at radius 2 is 2.00 bits per heavy atom. The van der Waals surface area contributed by atoms with Gasteiger partial charge >= 0.3 is 0 Å². The van der Waals surface area contributed by atoms with E-state index in [9.17, 15) is 12.8 Å². The summed E-state index contributed by atoms with van der Waals surface area (Å²) in [6.07, 6.45) is 4.91. The molecule has 0 atom stereocenters. The molecule has 2 N–H and O–H groups in total. The van der Waals surface area contributed by atoms with Crippen LogP contribution in [0.25, 0.3) is 22.5 Å². The highest BCUT2D eigenvalue weighted by atomic mass is 32.2. The number of nitrogens with zero attached hydrogens (tertiary/aromatic N) is 3. The van der Waals surface area contributed by atoms with Gasteiger partial charge in [-0.15, -0.1) is 0 Å². The van der Waals surface area contributed by atoms with Gasteiger partial charge in [0, 0.05) is 23.9 Å². The Hall–Kier alpha value is -2.52. The van der Waals surface area contributed by atoms with E-state index in [1.54, 1.807) is 35.4 Å². The number of rotatable bonds is 6. The van der Waals surface area contributed by atoms with Gasteiger partial charge in [-0.25, -0.2) is 22.5 Å². The van der Waals surface area contributed by atoms with Crippen molar-refractivity contribution in [1.29, 1.82) is 0 Å². The molecule has 0 spiro atoms. The molecule has 0 aliphatic carbocycles. The highest BCUT2D eigenvalue weighted by molar-refractivity contribution is 7.89. The van der Waals surface area contributed by atoms with Crippen molar-refractivity contribution in [2.45, 2.75) is 6.54 Å². The van der Waals surface area contributed by atoms with Gasteiger partial charge in [0.25, 0.3) is 0 Å². The van der Waals surface area contributed by atoms with Crippen LogP contribution in [-0.4, -0.2) is 41.0 Å². The van der Waals surface area contributed by atoms with Gasteiger partial charge in [0.2, 0.25) is 10.0 Å². The Morgan fingerprint density at radius 1 is 1.25 bits per heavy atom. The first kappa shape index (κ1) is 16.3. The Kier molecular flexibility index (Phi) is 4.45. The molecule has 0 saturated heterocycles. The van der Waals surface area contributed by atoms with Crippen molar-refractivity contribution in [2.75, 3.05) is 12.8 Å². The summed E-state index contributed by atoms with van der Waals surface area (Å²) < 4.78 is 40.6. The van der Waals surface area contributed by atoms with E-state index in [0.29, 0.717) is 5.69 Å². The number of imidazole rings is 1. The number of aryl methyl sites for hydroxylation is 1. The number of benzene rings is 1. The second-order valence-corrected chi connectivity index (χ2v) is 7.20. The molecule has 1 aromatic carbocycles. The Balaban J connectivity index is 2.03. The maximum absolute atomic E-state index is 13.2. The molecule has 3 aromatic rings. The van der Waals surface area contributed by atoms with Crippen molar-refractivity contribution >= 4 is 10.0 Å². The zero-order valence-electron chi connectivity index (χ0n) is 12.9. The molecule has 24 heavy (non-hydrogen) atoms. The SMILES string of the molecule is CNS(=O)(=O)CCn1cnc(-c2ccc(F)cc2)c1-c1cn[nH]c1. The molecule has 9 heteroatoms. The second kappa shape index (κ2) is 6.54. The summed E-state index contributed by atoms with van der Waals surface area (Å²) in [4.78, 5) is 4.38. The van der Waals surface area contributed by atoms with Crippen molar-refractivity contribution in [3.05, 3.63) is 48.8 Å². The van der Waals surface area contributed by atoms with Crippen LogP contribution < -0.4 is 4.72 Å². The van der Waals surface area contributed by atoms with Crippen LogP contribution in [0.4, 0.5) is 4.39 Å². The number of nitrogens with one attached hydrogen (secondary N) is 2. The van der Waals surface area contributed by atoms with E-state index in [1.165, 1.54) is 19.2 Å². The van der Waals surface area contributed by atoms with Crippen LogP contribution in [0.1, 0.15) is 0 Å². The molecule has 2 heterocycles. The minimum atomic E-state index is -3.34. The molecule has 0 amide bonds. The number of hydrogen-bond acceptors (Lipinski definition) is 4. The lowest BCUT2D eigenvalue weighted by molar-refractivity contribution is 0.581. The zero-order valence-corrected chi connectivity index (χ0v) is 13.7. The van der Waals surface area contributed by atoms with Crippen LogP contribution in [0, 0.1) is 5.82 Å². The maximum Gasteiger partial charge on any atom is 0.213 e. The molecule has 126 valence electrons. The number of H-pyrrole nitrogens is 1. The van der Waals surface area contributed by atoms with Crippen molar-refractivity contribution in [3.63, 3.8) is 0 Å². The lowest BCUT2D eigenvalue weighted by Crippen LogP contribution is -2.24. The van der Waals surface area contributed by atoms with Gasteiger partial charge in [-0.3, -0.25) is 5.10 Å². The molecular weight excluding hydrogens is 333 g/mol. The number of halogens is 1. The molecule has 0 aliphatic rings. The average Bonchev–Trinajstić information content (AvgIpc) is 3.23. The second-order valence-electron chi connectivity index (χ2n) is 5.15. The normalized spacial score (nSPS) is 11.8. The van der Waals surface area contributed by atoms with Gasteiger partial charge in [-0.2, -0.15) is 5.10 Å². The predicted molar refractivity (Wildman–Crippen MR) is 88.0 cm³/mol. The van der Waals surface area contributed by atoms with Gasteiger partial charge in [0.05, 0.1) is 29.7 Å². The molecule has 0 saturated carbocycles. The standard InChI is InChI=1S/C15H16FN5O2S/c1-17-24(22,23)7-6-21-10-18-14(11-2-4-13(16)5-3-11)15(21)12-8-19-20-9-12/h2-5,8-10,17H,6-7H2,1H3,(H,19,20). The molecule has 7 nitrogen and oxygen atoms in total. The van der Waals surface area contributed by atoms with Crippen LogP contribution in [0.2, 0.25) is 0 Å². The monoisotopic (exact) mass is 349 g/mol. The van der Waals surface area contributed by atoms with Crippen LogP contribution >= 0.6 is 0 Å². The lowest BCUT2D eigenvalue weighted by Gasteiger charge is -2.09. The minimum absolute atomic E-state index is 0.0758. The summed E-state index contributed by atoms with van der Waals surface area (Å²) in [5.41, 5.74) is 2.87. The molecular formula is C15H16FN5O2S. The van der Waals surface area contributed by atoms with Gasteiger partial charge in [0.15, 0.2) is 0 Å². The third-order valence-corrected chi connectivity index (χ3v) is 4.98. The quantitative estimate of drug-likeness (QED) is 0.707. The van der Waals surface area contributed by atoms with Crippen LogP contribution in [0.5, 0.6) is 0 Å². The van der Waals surface area contributed by atoms with Gasteiger partial charge in [-0.1, -0.05) is 0 Å². The van der Waals surface area contributed by atoms with Crippen molar-refractivity contribution in [2.24, 2.45) is 0 Å². The van der Waals surface area contributed by atoms with Gasteiger partial charge in [-0.05, 0) is 31.3 Å². The molecule has 0 aliphatic heterocycles. The Labute approximate surface area is 138 Å². The molecule has 3 rings (SSSR count). The number of aromatic amines is 1. The highest BCUT2D eigenvalue weighted by Crippen LogP contribution is 2.30. The number of aromatic nitrogens is 4. The average molecular weight is 349 g/mol. The fraction of sp³-hybridized carbons (Fsp3) is 0.200. The number of hydrogen-bond donors (Lipinski definition) is 2. The lowest BCUT2D eigenvalue weighted by atomic mass is 10.1. The van der Waals surface area contributed by atoms with Crippen molar-refractivity contribution < 1.29 is 12.8 Å². The topological polar surface area (TPSA) is 92.7 Å². The summed E-state index contributed by atoms with van der Waals surface area (Å²) in [7, 11) is -1.96. The van der Waals surface area contributed by atoms with E-state index >= 15 is 0 Å². The third-order valence-electron chi connectivity index (χ3n) is 3.64. The van der Waals surface area contributed by atoms with Gasteiger partial charge in [0.1, 0.15) is 5.82 Å². The maximum atomic E-state index is 13.2. The van der Waals surface area contributed by atoms with Gasteiger partial charge < -0.3 is 4.57 Å². The minimum Gasteiger partial charge on any atom is -0.329 e. The first-order valence-corrected chi connectivity index (χ1v) is 8.87. The highest BCUT2D eigenvalue weighted by Gasteiger charge is 2.17.